The average Bonchev–Trinajstić information content (AvgIpc) is 2.71. The summed E-state index contributed by atoms with van der Waals surface area (Å²) in [5.41, 5.74) is 4.02. The summed E-state index contributed by atoms with van der Waals surface area (Å²) in [5.74, 6) is -0.0850. The van der Waals surface area contributed by atoms with Gasteiger partial charge in [0.1, 0.15) is 0 Å². The summed E-state index contributed by atoms with van der Waals surface area (Å²) in [6.07, 6.45) is 0. The third kappa shape index (κ3) is 6.70. The van der Waals surface area contributed by atoms with Crippen LogP contribution in [0.1, 0.15) is 67.7 Å². The van der Waals surface area contributed by atoms with E-state index in [1.807, 2.05) is 12.1 Å². The summed E-state index contributed by atoms with van der Waals surface area (Å²) in [7, 11) is 1.35. The lowest BCUT2D eigenvalue weighted by Gasteiger charge is -2.25. The molecule has 0 radical (unpaired) electrons. The lowest BCUT2D eigenvalue weighted by molar-refractivity contribution is -0.120. The number of nitrogens with one attached hydrogen (secondary N) is 2. The van der Waals surface area contributed by atoms with Crippen molar-refractivity contribution in [3.63, 3.8) is 0 Å². The molecule has 1 amide bonds. The smallest absolute Gasteiger partial charge is 0.337 e. The molecule has 0 spiro atoms. The van der Waals surface area contributed by atoms with Crippen LogP contribution in [0.15, 0.2) is 48.5 Å². The first kappa shape index (κ1) is 23.6. The van der Waals surface area contributed by atoms with Gasteiger partial charge in [0.2, 0.25) is 5.91 Å². The van der Waals surface area contributed by atoms with Gasteiger partial charge < -0.3 is 15.4 Å². The van der Waals surface area contributed by atoms with E-state index in [0.29, 0.717) is 18.0 Å². The second-order valence-corrected chi connectivity index (χ2v) is 8.94. The molecule has 2 rings (SSSR count). The van der Waals surface area contributed by atoms with E-state index < -0.39 is 0 Å². The topological polar surface area (TPSA) is 67.4 Å². The van der Waals surface area contributed by atoms with Crippen LogP contribution in [0.3, 0.4) is 0 Å². The van der Waals surface area contributed by atoms with Crippen LogP contribution in [0, 0.1) is 5.92 Å². The van der Waals surface area contributed by atoms with Crippen molar-refractivity contribution in [3.8, 4) is 0 Å². The van der Waals surface area contributed by atoms with Gasteiger partial charge in [-0.1, -0.05) is 71.0 Å². The van der Waals surface area contributed by atoms with E-state index in [1.54, 1.807) is 12.1 Å². The Morgan fingerprint density at radius 1 is 0.967 bits per heavy atom. The van der Waals surface area contributed by atoms with E-state index in [-0.39, 0.29) is 29.9 Å². The zero-order valence-electron chi connectivity index (χ0n) is 18.9. The highest BCUT2D eigenvalue weighted by molar-refractivity contribution is 5.89. The molecule has 5 nitrogen and oxygen atoms in total. The summed E-state index contributed by atoms with van der Waals surface area (Å²) in [5, 5.41) is 6.31. The van der Waals surface area contributed by atoms with Crippen molar-refractivity contribution >= 4 is 11.9 Å². The van der Waals surface area contributed by atoms with Gasteiger partial charge in [0, 0.05) is 12.6 Å². The summed E-state index contributed by atoms with van der Waals surface area (Å²) in [6.45, 7) is 11.6. The summed E-state index contributed by atoms with van der Waals surface area (Å²) in [6, 6.07) is 15.8. The highest BCUT2D eigenvalue weighted by Crippen LogP contribution is 2.26. The third-order valence-electron chi connectivity index (χ3n) is 5.15. The number of amides is 1. The molecular weight excluding hydrogens is 376 g/mol. The van der Waals surface area contributed by atoms with Crippen LogP contribution in [0.5, 0.6) is 0 Å². The van der Waals surface area contributed by atoms with Crippen molar-refractivity contribution in [1.82, 2.24) is 10.6 Å². The van der Waals surface area contributed by atoms with Crippen LogP contribution in [-0.4, -0.2) is 25.5 Å². The minimum absolute atomic E-state index is 0.0657. The molecule has 0 aliphatic heterocycles. The highest BCUT2D eigenvalue weighted by atomic mass is 16.5. The second kappa shape index (κ2) is 10.4. The van der Waals surface area contributed by atoms with Crippen LogP contribution in [0.4, 0.5) is 0 Å². The van der Waals surface area contributed by atoms with Gasteiger partial charge >= 0.3 is 5.97 Å². The fourth-order valence-corrected chi connectivity index (χ4v) is 3.27. The Labute approximate surface area is 180 Å². The zero-order chi connectivity index (χ0) is 22.3. The Kier molecular flexibility index (Phi) is 8.18. The first-order valence-corrected chi connectivity index (χ1v) is 10.4. The van der Waals surface area contributed by atoms with Gasteiger partial charge in [-0.25, -0.2) is 4.79 Å². The SMILES string of the molecule is COC(=O)c1ccc(CNC(=O)CNC(c2ccc(C(C)(C)C)cc2)C(C)C)cc1. The van der Waals surface area contributed by atoms with E-state index in [1.165, 1.54) is 18.2 Å². The number of carbonyl (C=O) groups excluding carboxylic acids is 2. The molecule has 0 heterocycles. The van der Waals surface area contributed by atoms with Crippen molar-refractivity contribution in [1.29, 1.82) is 0 Å². The molecule has 0 saturated carbocycles. The molecule has 2 aromatic carbocycles. The van der Waals surface area contributed by atoms with Crippen LogP contribution in [0.2, 0.25) is 0 Å². The molecule has 1 atom stereocenters. The molecule has 162 valence electrons. The summed E-state index contributed by atoms with van der Waals surface area (Å²) < 4.78 is 4.69. The summed E-state index contributed by atoms with van der Waals surface area (Å²) >= 11 is 0. The predicted molar refractivity (Wildman–Crippen MR) is 120 cm³/mol. The van der Waals surface area contributed by atoms with Gasteiger partial charge in [-0.3, -0.25) is 4.79 Å². The lowest BCUT2D eigenvalue weighted by atomic mass is 9.85. The molecule has 30 heavy (non-hydrogen) atoms. The predicted octanol–water partition coefficient (Wildman–Crippen LogP) is 4.37. The highest BCUT2D eigenvalue weighted by Gasteiger charge is 2.18. The number of hydrogen-bond acceptors (Lipinski definition) is 4. The van der Waals surface area contributed by atoms with Crippen molar-refractivity contribution in [2.75, 3.05) is 13.7 Å². The normalized spacial score (nSPS) is 12.5. The third-order valence-corrected chi connectivity index (χ3v) is 5.15. The molecule has 5 heteroatoms. The number of esters is 1. The number of hydrogen-bond donors (Lipinski definition) is 2. The number of carbonyl (C=O) groups is 2. The molecule has 0 aliphatic rings. The van der Waals surface area contributed by atoms with Gasteiger partial charge in [0.05, 0.1) is 19.2 Å². The number of methoxy groups -OCH3 is 1. The molecule has 0 aromatic heterocycles. The van der Waals surface area contributed by atoms with E-state index >= 15 is 0 Å². The Morgan fingerprint density at radius 2 is 1.57 bits per heavy atom. The standard InChI is InChI=1S/C25H34N2O3/c1-17(2)23(19-11-13-21(14-12-19)25(3,4)5)27-16-22(28)26-15-18-7-9-20(10-8-18)24(29)30-6/h7-14,17,23,27H,15-16H2,1-6H3,(H,26,28). The van der Waals surface area contributed by atoms with Crippen LogP contribution in [-0.2, 0) is 21.5 Å². The molecule has 1 unspecified atom stereocenters. The minimum Gasteiger partial charge on any atom is -0.465 e. The van der Waals surface area contributed by atoms with Gasteiger partial charge in [-0.05, 0) is 40.2 Å². The van der Waals surface area contributed by atoms with Gasteiger partial charge in [0.15, 0.2) is 0 Å². The molecule has 0 fully saturated rings. The maximum absolute atomic E-state index is 12.3. The molecule has 2 N–H and O–H groups in total. The van der Waals surface area contributed by atoms with Crippen molar-refractivity contribution in [2.24, 2.45) is 5.92 Å². The van der Waals surface area contributed by atoms with Crippen molar-refractivity contribution in [3.05, 3.63) is 70.8 Å². The lowest BCUT2D eigenvalue weighted by Crippen LogP contribution is -2.37. The maximum Gasteiger partial charge on any atom is 0.337 e. The van der Waals surface area contributed by atoms with Gasteiger partial charge in [0.25, 0.3) is 0 Å². The minimum atomic E-state index is -0.370. The molecule has 0 aliphatic carbocycles. The number of benzene rings is 2. The van der Waals surface area contributed by atoms with Crippen LogP contribution < -0.4 is 10.6 Å². The Morgan fingerprint density at radius 3 is 2.07 bits per heavy atom. The molecule has 0 saturated heterocycles. The van der Waals surface area contributed by atoms with Gasteiger partial charge in [-0.2, -0.15) is 0 Å². The molecule has 2 aromatic rings. The van der Waals surface area contributed by atoms with E-state index in [9.17, 15) is 9.59 Å². The number of ether oxygens (including phenoxy) is 1. The van der Waals surface area contributed by atoms with Crippen LogP contribution in [0.25, 0.3) is 0 Å². The van der Waals surface area contributed by atoms with E-state index in [0.717, 1.165) is 5.56 Å². The average molecular weight is 411 g/mol. The zero-order valence-corrected chi connectivity index (χ0v) is 18.9. The maximum atomic E-state index is 12.3. The Bertz CT molecular complexity index is 834. The Balaban J connectivity index is 1.90. The quantitative estimate of drug-likeness (QED) is 0.634. The fourth-order valence-electron chi connectivity index (χ4n) is 3.27. The molecule has 0 bridgehead atoms. The van der Waals surface area contributed by atoms with Crippen molar-refractivity contribution in [2.45, 2.75) is 52.6 Å². The first-order valence-electron chi connectivity index (χ1n) is 10.4. The van der Waals surface area contributed by atoms with Crippen LogP contribution >= 0.6 is 0 Å². The number of rotatable bonds is 8. The second-order valence-electron chi connectivity index (χ2n) is 8.94. The van der Waals surface area contributed by atoms with E-state index in [4.69, 9.17) is 4.74 Å². The monoisotopic (exact) mass is 410 g/mol. The first-order chi connectivity index (χ1) is 14.1. The summed E-state index contributed by atoms with van der Waals surface area (Å²) in [4.78, 5) is 23.8. The largest absolute Gasteiger partial charge is 0.465 e. The van der Waals surface area contributed by atoms with E-state index in [2.05, 4.69) is 69.5 Å². The fraction of sp³-hybridized carbons (Fsp3) is 0.440. The molecular formula is C25H34N2O3. The Hall–Kier alpha value is -2.66. The van der Waals surface area contributed by atoms with Gasteiger partial charge in [-0.15, -0.1) is 0 Å². The van der Waals surface area contributed by atoms with Crippen molar-refractivity contribution < 1.29 is 14.3 Å².